The molecule has 1 atom stereocenters. The molecule has 0 radical (unpaired) electrons. The van der Waals surface area contributed by atoms with Gasteiger partial charge in [-0.3, -0.25) is 9.59 Å². The van der Waals surface area contributed by atoms with Gasteiger partial charge in [0, 0.05) is 46.1 Å². The molecule has 0 unspecified atom stereocenters. The number of nitrogens with zero attached hydrogens (tertiary/aromatic N) is 2. The molecule has 3 rings (SSSR count). The number of likely N-dealkylation sites (tertiary alicyclic amines) is 2. The summed E-state index contributed by atoms with van der Waals surface area (Å²) < 4.78 is 10.4. The van der Waals surface area contributed by atoms with Crippen LogP contribution >= 0.6 is 0 Å². The molecule has 0 aromatic carbocycles. The summed E-state index contributed by atoms with van der Waals surface area (Å²) in [5.41, 5.74) is -0.369. The van der Waals surface area contributed by atoms with Gasteiger partial charge in [-0.05, 0) is 31.4 Å². The van der Waals surface area contributed by atoms with Gasteiger partial charge >= 0.3 is 0 Å². The fourth-order valence-electron chi connectivity index (χ4n) is 3.87. The Labute approximate surface area is 142 Å². The number of furan rings is 1. The van der Waals surface area contributed by atoms with Gasteiger partial charge in [0.15, 0.2) is 0 Å². The average Bonchev–Trinajstić information content (AvgIpc) is 3.25. The number of piperidine rings is 1. The van der Waals surface area contributed by atoms with Crippen molar-refractivity contribution in [2.75, 3.05) is 39.9 Å². The Kier molecular flexibility index (Phi) is 5.23. The van der Waals surface area contributed by atoms with E-state index in [4.69, 9.17) is 9.15 Å². The van der Waals surface area contributed by atoms with E-state index in [-0.39, 0.29) is 17.2 Å². The zero-order valence-electron chi connectivity index (χ0n) is 14.3. The van der Waals surface area contributed by atoms with Crippen LogP contribution < -0.4 is 0 Å². The molecule has 0 aliphatic carbocycles. The van der Waals surface area contributed by atoms with E-state index >= 15 is 0 Å². The third kappa shape index (κ3) is 3.48. The van der Waals surface area contributed by atoms with Crippen molar-refractivity contribution in [2.24, 2.45) is 5.41 Å². The van der Waals surface area contributed by atoms with Gasteiger partial charge in [0.2, 0.25) is 11.8 Å². The highest BCUT2D eigenvalue weighted by Gasteiger charge is 2.49. The summed E-state index contributed by atoms with van der Waals surface area (Å²) in [5, 5.41) is 0. The summed E-state index contributed by atoms with van der Waals surface area (Å²) in [6, 6.07) is 3.72. The molecule has 2 saturated heterocycles. The average molecular weight is 334 g/mol. The molecule has 6 nitrogen and oxygen atoms in total. The fraction of sp³-hybridized carbons (Fsp3) is 0.667. The predicted molar refractivity (Wildman–Crippen MR) is 88.3 cm³/mol. The van der Waals surface area contributed by atoms with Crippen molar-refractivity contribution in [3.63, 3.8) is 0 Å². The quantitative estimate of drug-likeness (QED) is 0.794. The van der Waals surface area contributed by atoms with Crippen molar-refractivity contribution in [2.45, 2.75) is 32.1 Å². The summed E-state index contributed by atoms with van der Waals surface area (Å²) in [6.07, 6.45) is 5.34. The number of ether oxygens (including phenoxy) is 1. The van der Waals surface area contributed by atoms with E-state index in [0.29, 0.717) is 39.1 Å². The number of carbonyl (C=O) groups excluding carboxylic acids is 2. The largest absolute Gasteiger partial charge is 0.469 e. The Balaban J connectivity index is 1.56. The molecule has 24 heavy (non-hydrogen) atoms. The van der Waals surface area contributed by atoms with E-state index in [1.54, 1.807) is 13.4 Å². The molecular weight excluding hydrogens is 308 g/mol. The number of rotatable bonds is 6. The van der Waals surface area contributed by atoms with Gasteiger partial charge in [0.1, 0.15) is 5.76 Å². The van der Waals surface area contributed by atoms with Gasteiger partial charge < -0.3 is 19.0 Å². The molecule has 2 amide bonds. The minimum atomic E-state index is -0.369. The second-order valence-corrected chi connectivity index (χ2v) is 6.81. The topological polar surface area (TPSA) is 63.0 Å². The van der Waals surface area contributed by atoms with E-state index in [1.807, 2.05) is 21.9 Å². The second kappa shape index (κ2) is 7.38. The Morgan fingerprint density at radius 1 is 1.38 bits per heavy atom. The number of amides is 2. The van der Waals surface area contributed by atoms with Crippen LogP contribution in [0.25, 0.3) is 0 Å². The summed E-state index contributed by atoms with van der Waals surface area (Å²) in [7, 11) is 1.65. The zero-order valence-corrected chi connectivity index (χ0v) is 14.3. The molecule has 0 bridgehead atoms. The zero-order chi connectivity index (χ0) is 17.0. The SMILES string of the molecule is COCCN1CCC[C@]2(CCN(C(=O)CCc3ccco3)C2)C1=O. The Morgan fingerprint density at radius 3 is 3.00 bits per heavy atom. The van der Waals surface area contributed by atoms with Gasteiger partial charge in [-0.25, -0.2) is 0 Å². The van der Waals surface area contributed by atoms with Gasteiger partial charge in [-0.15, -0.1) is 0 Å². The lowest BCUT2D eigenvalue weighted by molar-refractivity contribution is -0.146. The molecule has 6 heteroatoms. The highest BCUT2D eigenvalue weighted by Crippen LogP contribution is 2.40. The standard InChI is InChI=1S/C18H26N2O4/c1-23-13-11-19-9-3-7-18(17(19)22)8-10-20(14-18)16(21)6-5-15-4-2-12-24-15/h2,4,12H,3,5-11,13-14H2,1H3/t18-/m1/s1. The van der Waals surface area contributed by atoms with Gasteiger partial charge in [0.25, 0.3) is 0 Å². The van der Waals surface area contributed by atoms with Crippen LogP contribution in [0.2, 0.25) is 0 Å². The molecule has 3 heterocycles. The third-order valence-corrected chi connectivity index (χ3v) is 5.26. The molecule has 2 aliphatic rings. The minimum absolute atomic E-state index is 0.116. The lowest BCUT2D eigenvalue weighted by atomic mass is 9.78. The van der Waals surface area contributed by atoms with E-state index in [9.17, 15) is 9.59 Å². The van der Waals surface area contributed by atoms with E-state index in [0.717, 1.165) is 31.6 Å². The summed E-state index contributed by atoms with van der Waals surface area (Å²) >= 11 is 0. The van der Waals surface area contributed by atoms with E-state index < -0.39 is 0 Å². The molecule has 1 aromatic heterocycles. The van der Waals surface area contributed by atoms with Crippen molar-refractivity contribution < 1.29 is 18.7 Å². The number of aryl methyl sites for hydroxylation is 1. The minimum Gasteiger partial charge on any atom is -0.469 e. The summed E-state index contributed by atoms with van der Waals surface area (Å²) in [5.74, 6) is 1.15. The predicted octanol–water partition coefficient (Wildman–Crippen LogP) is 1.70. The lowest BCUT2D eigenvalue weighted by Gasteiger charge is -2.39. The van der Waals surface area contributed by atoms with Gasteiger partial charge in [-0.1, -0.05) is 0 Å². The first-order valence-corrected chi connectivity index (χ1v) is 8.73. The van der Waals surface area contributed by atoms with Crippen LogP contribution in [0.5, 0.6) is 0 Å². The first kappa shape index (κ1) is 17.0. The molecule has 2 aliphatic heterocycles. The normalized spacial score (nSPS) is 24.1. The number of carbonyl (C=O) groups is 2. The number of hydrogen-bond acceptors (Lipinski definition) is 4. The van der Waals surface area contributed by atoms with E-state index in [1.165, 1.54) is 0 Å². The smallest absolute Gasteiger partial charge is 0.230 e. The monoisotopic (exact) mass is 334 g/mol. The Morgan fingerprint density at radius 2 is 2.25 bits per heavy atom. The van der Waals surface area contributed by atoms with E-state index in [2.05, 4.69) is 0 Å². The van der Waals surface area contributed by atoms with Crippen molar-refractivity contribution in [1.29, 1.82) is 0 Å². The first-order valence-electron chi connectivity index (χ1n) is 8.73. The molecule has 1 aromatic rings. The Bertz CT molecular complexity index is 572. The molecule has 1 spiro atoms. The summed E-state index contributed by atoms with van der Waals surface area (Å²) in [4.78, 5) is 29.1. The molecule has 2 fully saturated rings. The third-order valence-electron chi connectivity index (χ3n) is 5.26. The van der Waals surface area contributed by atoms with Crippen LogP contribution in [0, 0.1) is 5.41 Å². The van der Waals surface area contributed by atoms with Crippen LogP contribution in [0.1, 0.15) is 31.4 Å². The molecular formula is C18H26N2O4. The maximum absolute atomic E-state index is 12.9. The van der Waals surface area contributed by atoms with Crippen molar-refractivity contribution >= 4 is 11.8 Å². The van der Waals surface area contributed by atoms with Crippen LogP contribution in [0.15, 0.2) is 22.8 Å². The highest BCUT2D eigenvalue weighted by atomic mass is 16.5. The first-order chi connectivity index (χ1) is 11.6. The molecule has 0 saturated carbocycles. The van der Waals surface area contributed by atoms with Crippen molar-refractivity contribution in [1.82, 2.24) is 9.80 Å². The lowest BCUT2D eigenvalue weighted by Crippen LogP contribution is -2.51. The van der Waals surface area contributed by atoms with Crippen LogP contribution in [-0.4, -0.2) is 61.5 Å². The van der Waals surface area contributed by atoms with Crippen LogP contribution in [-0.2, 0) is 20.7 Å². The molecule has 132 valence electrons. The number of methoxy groups -OCH3 is 1. The second-order valence-electron chi connectivity index (χ2n) is 6.81. The van der Waals surface area contributed by atoms with Crippen LogP contribution in [0.3, 0.4) is 0 Å². The fourth-order valence-corrected chi connectivity index (χ4v) is 3.87. The number of hydrogen-bond donors (Lipinski definition) is 0. The van der Waals surface area contributed by atoms with Gasteiger partial charge in [-0.2, -0.15) is 0 Å². The van der Waals surface area contributed by atoms with Crippen LogP contribution in [0.4, 0.5) is 0 Å². The maximum Gasteiger partial charge on any atom is 0.230 e. The van der Waals surface area contributed by atoms with Crippen molar-refractivity contribution in [3.05, 3.63) is 24.2 Å². The molecule has 0 N–H and O–H groups in total. The van der Waals surface area contributed by atoms with Crippen molar-refractivity contribution in [3.8, 4) is 0 Å². The maximum atomic E-state index is 12.9. The van der Waals surface area contributed by atoms with Gasteiger partial charge in [0.05, 0.1) is 18.3 Å². The highest BCUT2D eigenvalue weighted by molar-refractivity contribution is 5.86. The summed E-state index contributed by atoms with van der Waals surface area (Å²) in [6.45, 7) is 3.25. The Hall–Kier alpha value is -1.82.